The zero-order valence-electron chi connectivity index (χ0n) is 9.43. The van der Waals surface area contributed by atoms with Gasteiger partial charge in [-0.15, -0.1) is 0 Å². The van der Waals surface area contributed by atoms with Crippen molar-refractivity contribution >= 4 is 24.2 Å². The molecule has 0 spiro atoms. The zero-order valence-corrected chi connectivity index (χ0v) is 11.1. The van der Waals surface area contributed by atoms with Gasteiger partial charge in [-0.2, -0.15) is 0 Å². The largest absolute Gasteiger partial charge is 0.426 e. The average molecular weight is 251 g/mol. The van der Waals surface area contributed by atoms with Crippen LogP contribution >= 0.6 is 6.49 Å². The van der Waals surface area contributed by atoms with Crippen LogP contribution < -0.4 is 0 Å². The molecule has 0 heterocycles. The van der Waals surface area contributed by atoms with Crippen LogP contribution in [0.5, 0.6) is 0 Å². The minimum absolute atomic E-state index is 0.388. The molecule has 0 amide bonds. The van der Waals surface area contributed by atoms with E-state index < -0.39 is 6.49 Å². The minimum Gasteiger partial charge on any atom is -0.426 e. The van der Waals surface area contributed by atoms with Crippen LogP contribution in [0.4, 0.5) is 0 Å². The molecule has 0 saturated heterocycles. The molecule has 6 heteroatoms. The van der Waals surface area contributed by atoms with Gasteiger partial charge in [-0.3, -0.25) is 0 Å². The molecule has 1 aliphatic rings. The zero-order chi connectivity index (χ0) is 11.3. The van der Waals surface area contributed by atoms with Gasteiger partial charge < -0.3 is 13.9 Å². The van der Waals surface area contributed by atoms with Crippen LogP contribution in [0.2, 0.25) is 0 Å². The molecular weight excluding hydrogens is 233 g/mol. The van der Waals surface area contributed by atoms with Crippen molar-refractivity contribution in [1.82, 2.24) is 0 Å². The Labute approximate surface area is 96.1 Å². The van der Waals surface area contributed by atoms with Crippen molar-refractivity contribution in [3.63, 3.8) is 0 Å². The Kier molecular flexibility index (Phi) is 5.03. The van der Waals surface area contributed by atoms with Gasteiger partial charge in [0, 0.05) is 12.1 Å². The molecule has 0 aliphatic heterocycles. The first-order chi connectivity index (χ1) is 7.15. The van der Waals surface area contributed by atoms with Gasteiger partial charge >= 0.3 is 0 Å². The monoisotopic (exact) mass is 251 g/mol. The maximum Gasteiger partial charge on any atom is 0.239 e. The van der Waals surface area contributed by atoms with E-state index in [0.29, 0.717) is 24.6 Å². The smallest absolute Gasteiger partial charge is 0.239 e. The van der Waals surface area contributed by atoms with Crippen LogP contribution in [0.15, 0.2) is 5.16 Å². The number of rotatable bonds is 6. The summed E-state index contributed by atoms with van der Waals surface area (Å²) in [5.74, 6) is 1.01. The van der Waals surface area contributed by atoms with Crippen molar-refractivity contribution in [2.75, 3.05) is 19.9 Å². The fourth-order valence-corrected chi connectivity index (χ4v) is 2.88. The van der Waals surface area contributed by atoms with E-state index in [4.69, 9.17) is 25.7 Å². The van der Waals surface area contributed by atoms with Crippen LogP contribution in [0, 0.1) is 5.92 Å². The summed E-state index contributed by atoms with van der Waals surface area (Å²) in [6.45, 7) is 2.30. The summed E-state index contributed by atoms with van der Waals surface area (Å²) in [6.07, 6.45) is 2.92. The highest BCUT2D eigenvalue weighted by molar-refractivity contribution is 8.10. The Morgan fingerprint density at radius 1 is 1.47 bits per heavy atom. The number of hydrogen-bond acceptors (Lipinski definition) is 5. The summed E-state index contributed by atoms with van der Waals surface area (Å²) >= 11 is 5.37. The molecule has 0 aromatic heterocycles. The topological polar surface area (TPSA) is 40.0 Å². The predicted molar refractivity (Wildman–Crippen MR) is 64.7 cm³/mol. The van der Waals surface area contributed by atoms with Gasteiger partial charge in [0.2, 0.25) is 12.4 Å². The molecule has 15 heavy (non-hydrogen) atoms. The maximum absolute atomic E-state index is 5.72. The Morgan fingerprint density at radius 2 is 2.13 bits per heavy atom. The highest BCUT2D eigenvalue weighted by Crippen LogP contribution is 2.50. The number of hydrogen-bond donors (Lipinski definition) is 0. The lowest BCUT2D eigenvalue weighted by molar-refractivity contribution is 0.201. The first-order valence-electron chi connectivity index (χ1n) is 5.19. The third-order valence-corrected chi connectivity index (χ3v) is 5.26. The summed E-state index contributed by atoms with van der Waals surface area (Å²) in [4.78, 5) is 4.75. The molecule has 0 aromatic rings. The summed E-state index contributed by atoms with van der Waals surface area (Å²) in [7, 11) is 1.52. The summed E-state index contributed by atoms with van der Waals surface area (Å²) in [6, 6.07) is 0. The lowest BCUT2D eigenvalue weighted by Gasteiger charge is -2.21. The Balaban J connectivity index is 2.62. The normalized spacial score (nSPS) is 20.9. The summed E-state index contributed by atoms with van der Waals surface area (Å²) in [5.41, 5.74) is 0. The predicted octanol–water partition coefficient (Wildman–Crippen LogP) is 2.74. The van der Waals surface area contributed by atoms with Crippen LogP contribution in [-0.4, -0.2) is 25.8 Å². The van der Waals surface area contributed by atoms with Gasteiger partial charge in [-0.1, -0.05) is 12.1 Å². The number of nitrogens with zero attached hydrogens (tertiary/aromatic N) is 1. The van der Waals surface area contributed by atoms with Crippen molar-refractivity contribution in [1.29, 1.82) is 0 Å². The van der Waals surface area contributed by atoms with E-state index in [1.54, 1.807) is 0 Å². The highest BCUT2D eigenvalue weighted by Gasteiger charge is 2.33. The Bertz CT molecular complexity index is 279. The maximum atomic E-state index is 5.72. The van der Waals surface area contributed by atoms with Gasteiger partial charge in [0.25, 0.3) is 0 Å². The first-order valence-corrected chi connectivity index (χ1v) is 8.01. The van der Waals surface area contributed by atoms with Gasteiger partial charge in [0.1, 0.15) is 7.11 Å². The molecule has 0 bridgehead atoms. The molecule has 0 aromatic carbocycles. The van der Waals surface area contributed by atoms with E-state index in [2.05, 4.69) is 5.16 Å². The fourth-order valence-electron chi connectivity index (χ4n) is 1.11. The van der Waals surface area contributed by atoms with Crippen molar-refractivity contribution in [2.45, 2.75) is 26.7 Å². The van der Waals surface area contributed by atoms with Crippen molar-refractivity contribution in [2.24, 2.45) is 11.1 Å². The minimum atomic E-state index is -2.18. The molecule has 0 radical (unpaired) electrons. The second-order valence-corrected chi connectivity index (χ2v) is 7.29. The van der Waals surface area contributed by atoms with E-state index in [0.717, 1.165) is 12.8 Å². The van der Waals surface area contributed by atoms with E-state index in [-0.39, 0.29) is 0 Å². The van der Waals surface area contributed by atoms with Crippen LogP contribution in [0.1, 0.15) is 26.7 Å². The molecule has 1 rings (SSSR count). The highest BCUT2D eigenvalue weighted by atomic mass is 32.5. The van der Waals surface area contributed by atoms with Crippen LogP contribution in [0.25, 0.3) is 0 Å². The summed E-state index contributed by atoms with van der Waals surface area (Å²) in [5, 5.41) is 3.88. The Morgan fingerprint density at radius 3 is 2.53 bits per heavy atom. The van der Waals surface area contributed by atoms with E-state index in [1.165, 1.54) is 7.11 Å². The second-order valence-electron chi connectivity index (χ2n) is 3.32. The molecule has 1 atom stereocenters. The van der Waals surface area contributed by atoms with E-state index in [1.807, 2.05) is 13.8 Å². The molecule has 1 saturated carbocycles. The number of oxime groups is 1. The molecule has 88 valence electrons. The van der Waals surface area contributed by atoms with Gasteiger partial charge in [-0.25, -0.2) is 0 Å². The molecule has 1 aliphatic carbocycles. The molecule has 1 unspecified atom stereocenters. The third kappa shape index (κ3) is 4.09. The fraction of sp³-hybridized carbons (Fsp3) is 0.889. The quantitative estimate of drug-likeness (QED) is 0.315. The molecule has 4 nitrogen and oxygen atoms in total. The van der Waals surface area contributed by atoms with Crippen molar-refractivity contribution < 1.29 is 13.9 Å². The second kappa shape index (κ2) is 5.83. The van der Waals surface area contributed by atoms with Gasteiger partial charge in [0.05, 0.1) is 6.61 Å². The standard InChI is InChI=1S/C9H18NO3PS/c1-4-12-14(15,5-2)13-9(10-11-3)8-6-7-8/h8H,4-7H2,1-3H3. The van der Waals surface area contributed by atoms with E-state index in [9.17, 15) is 0 Å². The summed E-state index contributed by atoms with van der Waals surface area (Å²) < 4.78 is 11.2. The lowest BCUT2D eigenvalue weighted by Crippen LogP contribution is -2.09. The third-order valence-electron chi connectivity index (χ3n) is 2.05. The van der Waals surface area contributed by atoms with Crippen molar-refractivity contribution in [3.05, 3.63) is 0 Å². The molecular formula is C9H18NO3PS. The van der Waals surface area contributed by atoms with Gasteiger partial charge in [-0.05, 0) is 31.6 Å². The van der Waals surface area contributed by atoms with Crippen LogP contribution in [0.3, 0.4) is 0 Å². The first kappa shape index (κ1) is 12.9. The molecule has 0 N–H and O–H groups in total. The van der Waals surface area contributed by atoms with E-state index >= 15 is 0 Å². The lowest BCUT2D eigenvalue weighted by atomic mass is 10.4. The Hall–Kier alpha value is -0.120. The van der Waals surface area contributed by atoms with Crippen molar-refractivity contribution in [3.8, 4) is 0 Å². The van der Waals surface area contributed by atoms with Crippen LogP contribution in [-0.2, 0) is 25.7 Å². The average Bonchev–Trinajstić information content (AvgIpc) is 3.01. The van der Waals surface area contributed by atoms with Gasteiger partial charge in [0.15, 0.2) is 0 Å². The SMILES string of the molecule is CCOP(=S)(CC)OC(=NOC)C1CC1. The molecule has 1 fully saturated rings.